The minimum atomic E-state index is -0.837. The number of hydrogen-bond donors (Lipinski definition) is 1. The number of carboxylic acid groups (broad SMARTS) is 1. The summed E-state index contributed by atoms with van der Waals surface area (Å²) in [5.74, 6) is -0.837. The smallest absolute Gasteiger partial charge is 0.331 e. The minimum Gasteiger partial charge on any atom is -0.478 e. The zero-order valence-corrected chi connectivity index (χ0v) is 12.6. The Balaban J connectivity index is 2.46. The van der Waals surface area contributed by atoms with E-state index in [2.05, 4.69) is 26.6 Å². The molecule has 4 heteroatoms. The predicted molar refractivity (Wildman–Crippen MR) is 80.4 cm³/mol. The molecule has 0 aliphatic rings. The number of aromatic nitrogens is 1. The number of fused-ring (bicyclic) bond motifs is 1. The van der Waals surface area contributed by atoms with Gasteiger partial charge in [0, 0.05) is 33.2 Å². The molecule has 0 atom stereocenters. The Kier molecular flexibility index (Phi) is 4.10. The molecule has 1 aromatic heterocycles. The van der Waals surface area contributed by atoms with E-state index in [1.165, 1.54) is 0 Å². The van der Waals surface area contributed by atoms with Gasteiger partial charge in [-0.3, -0.25) is 0 Å². The van der Waals surface area contributed by atoms with Crippen LogP contribution in [-0.2, 0) is 11.3 Å². The van der Waals surface area contributed by atoms with Gasteiger partial charge in [-0.25, -0.2) is 4.79 Å². The topological polar surface area (TPSA) is 42.2 Å². The molecule has 0 amide bonds. The van der Waals surface area contributed by atoms with E-state index in [9.17, 15) is 4.79 Å². The third-order valence-corrected chi connectivity index (χ3v) is 4.33. The Bertz CT molecular complexity index is 655. The molecule has 1 heterocycles. The fourth-order valence-electron chi connectivity index (χ4n) is 2.21. The monoisotopic (exact) mass is 321 g/mol. The third kappa shape index (κ3) is 2.59. The summed E-state index contributed by atoms with van der Waals surface area (Å²) in [6, 6.07) is 8.10. The van der Waals surface area contributed by atoms with Gasteiger partial charge in [-0.1, -0.05) is 31.2 Å². The summed E-state index contributed by atoms with van der Waals surface area (Å²) >= 11 is 3.60. The van der Waals surface area contributed by atoms with Crippen molar-refractivity contribution in [3.8, 4) is 0 Å². The molecule has 0 fully saturated rings. The Morgan fingerprint density at radius 1 is 1.42 bits per heavy atom. The van der Waals surface area contributed by atoms with Crippen LogP contribution in [0.3, 0.4) is 0 Å². The number of para-hydroxylation sites is 1. The Morgan fingerprint density at radius 2 is 2.11 bits per heavy atom. The molecule has 2 rings (SSSR count). The van der Waals surface area contributed by atoms with Gasteiger partial charge in [-0.05, 0) is 35.3 Å². The Hall–Kier alpha value is -1.55. The van der Waals surface area contributed by atoms with Crippen LogP contribution < -0.4 is 0 Å². The van der Waals surface area contributed by atoms with Crippen LogP contribution in [0.25, 0.3) is 10.9 Å². The largest absolute Gasteiger partial charge is 0.478 e. The molecule has 0 saturated carbocycles. The zero-order chi connectivity index (χ0) is 14.0. The quantitative estimate of drug-likeness (QED) is 0.860. The summed E-state index contributed by atoms with van der Waals surface area (Å²) in [5.41, 5.74) is 2.68. The van der Waals surface area contributed by atoms with Crippen molar-refractivity contribution in [2.45, 2.75) is 26.8 Å². The highest BCUT2D eigenvalue weighted by Gasteiger charge is 2.11. The highest BCUT2D eigenvalue weighted by molar-refractivity contribution is 9.10. The number of carboxylic acids is 1. The first-order valence-corrected chi connectivity index (χ1v) is 7.01. The van der Waals surface area contributed by atoms with Gasteiger partial charge >= 0.3 is 5.97 Å². The zero-order valence-electron chi connectivity index (χ0n) is 11.0. The van der Waals surface area contributed by atoms with Crippen molar-refractivity contribution >= 4 is 32.8 Å². The molecule has 0 unspecified atom stereocenters. The van der Waals surface area contributed by atoms with Gasteiger partial charge in [-0.2, -0.15) is 0 Å². The summed E-state index contributed by atoms with van der Waals surface area (Å²) in [5, 5.41) is 10.2. The van der Waals surface area contributed by atoms with Crippen molar-refractivity contribution in [1.82, 2.24) is 4.57 Å². The van der Waals surface area contributed by atoms with Crippen LogP contribution in [0.15, 0.2) is 40.4 Å². The average molecular weight is 322 g/mol. The van der Waals surface area contributed by atoms with Gasteiger partial charge in [0.25, 0.3) is 0 Å². The maximum atomic E-state index is 11.0. The summed E-state index contributed by atoms with van der Waals surface area (Å²) in [6.45, 7) is 4.47. The molecule has 0 aliphatic heterocycles. The molecule has 1 aromatic carbocycles. The molecule has 0 radical (unpaired) electrons. The third-order valence-electron chi connectivity index (χ3n) is 3.33. The van der Waals surface area contributed by atoms with Gasteiger partial charge in [0.15, 0.2) is 0 Å². The maximum Gasteiger partial charge on any atom is 0.331 e. The molecule has 19 heavy (non-hydrogen) atoms. The number of rotatable bonds is 4. The first kappa shape index (κ1) is 13.9. The highest BCUT2D eigenvalue weighted by atomic mass is 79.9. The number of benzene rings is 1. The molecule has 0 saturated heterocycles. The summed E-state index contributed by atoms with van der Waals surface area (Å²) in [4.78, 5) is 11.0. The van der Waals surface area contributed by atoms with Gasteiger partial charge in [-0.15, -0.1) is 0 Å². The number of nitrogens with zero attached hydrogens (tertiary/aromatic N) is 1. The van der Waals surface area contributed by atoms with E-state index in [1.807, 2.05) is 32.0 Å². The van der Waals surface area contributed by atoms with Crippen LogP contribution in [0, 0.1) is 6.92 Å². The number of carbonyl (C=O) groups is 1. The van der Waals surface area contributed by atoms with Crippen molar-refractivity contribution < 1.29 is 9.90 Å². The van der Waals surface area contributed by atoms with Gasteiger partial charge in [0.2, 0.25) is 0 Å². The van der Waals surface area contributed by atoms with E-state index in [0.717, 1.165) is 21.1 Å². The van der Waals surface area contributed by atoms with Crippen molar-refractivity contribution in [2.24, 2.45) is 0 Å². The van der Waals surface area contributed by atoms with Crippen molar-refractivity contribution in [2.75, 3.05) is 0 Å². The van der Waals surface area contributed by atoms with Crippen LogP contribution in [0.5, 0.6) is 0 Å². The van der Waals surface area contributed by atoms with Gasteiger partial charge < -0.3 is 9.67 Å². The Morgan fingerprint density at radius 3 is 2.74 bits per heavy atom. The standard InChI is InChI=1S/C15H16BrNO2/c1-3-11(15(18)19)8-9-17-10(2)14(16)12-6-4-5-7-13(12)17/h4-8H,3,9H2,1-2H3,(H,18,19). The number of aliphatic carboxylic acids is 1. The van der Waals surface area contributed by atoms with Crippen molar-refractivity contribution in [3.05, 3.63) is 46.1 Å². The number of halogens is 1. The minimum absolute atomic E-state index is 0.452. The van der Waals surface area contributed by atoms with Gasteiger partial charge in [0.1, 0.15) is 0 Å². The normalized spacial score (nSPS) is 12.1. The molecule has 3 nitrogen and oxygen atoms in total. The van der Waals surface area contributed by atoms with E-state index in [4.69, 9.17) is 5.11 Å². The fourth-order valence-corrected chi connectivity index (χ4v) is 2.76. The van der Waals surface area contributed by atoms with Crippen molar-refractivity contribution in [1.29, 1.82) is 0 Å². The first-order chi connectivity index (χ1) is 9.06. The predicted octanol–water partition coefficient (Wildman–Crippen LogP) is 4.13. The molecule has 0 bridgehead atoms. The number of hydrogen-bond acceptors (Lipinski definition) is 1. The van der Waals surface area contributed by atoms with Crippen LogP contribution in [0.4, 0.5) is 0 Å². The lowest BCUT2D eigenvalue weighted by Gasteiger charge is -2.06. The second-order valence-corrected chi connectivity index (χ2v) is 5.21. The van der Waals surface area contributed by atoms with E-state index in [-0.39, 0.29) is 0 Å². The Labute approximate surface area is 120 Å². The second-order valence-electron chi connectivity index (χ2n) is 4.42. The lowest BCUT2D eigenvalue weighted by molar-refractivity contribution is -0.132. The van der Waals surface area contributed by atoms with Crippen LogP contribution in [0.1, 0.15) is 19.0 Å². The molecule has 0 spiro atoms. The molecule has 0 aliphatic carbocycles. The van der Waals surface area contributed by atoms with E-state index >= 15 is 0 Å². The molecular formula is C15H16BrNO2. The summed E-state index contributed by atoms with van der Waals surface area (Å²) in [6.07, 6.45) is 2.32. The van der Waals surface area contributed by atoms with Crippen LogP contribution in [0.2, 0.25) is 0 Å². The molecular weight excluding hydrogens is 306 g/mol. The maximum absolute atomic E-state index is 11.0. The fraction of sp³-hybridized carbons (Fsp3) is 0.267. The summed E-state index contributed by atoms with van der Waals surface area (Å²) in [7, 11) is 0. The lowest BCUT2D eigenvalue weighted by Crippen LogP contribution is -2.03. The number of allylic oxidation sites excluding steroid dienone is 1. The molecule has 2 aromatic rings. The second kappa shape index (κ2) is 5.61. The van der Waals surface area contributed by atoms with E-state index in [1.54, 1.807) is 6.08 Å². The first-order valence-electron chi connectivity index (χ1n) is 6.22. The van der Waals surface area contributed by atoms with E-state index < -0.39 is 5.97 Å². The molecule has 1 N–H and O–H groups in total. The van der Waals surface area contributed by atoms with Crippen LogP contribution in [-0.4, -0.2) is 15.6 Å². The average Bonchev–Trinajstić information content (AvgIpc) is 2.64. The van der Waals surface area contributed by atoms with E-state index in [0.29, 0.717) is 18.5 Å². The van der Waals surface area contributed by atoms with Crippen molar-refractivity contribution in [3.63, 3.8) is 0 Å². The SMILES string of the molecule is CCC(=CCn1c(C)c(Br)c2ccccc21)C(=O)O. The highest BCUT2D eigenvalue weighted by Crippen LogP contribution is 2.30. The molecule has 100 valence electrons. The summed E-state index contributed by atoms with van der Waals surface area (Å²) < 4.78 is 3.20. The van der Waals surface area contributed by atoms with Crippen LogP contribution >= 0.6 is 15.9 Å². The lowest BCUT2D eigenvalue weighted by atomic mass is 10.2. The van der Waals surface area contributed by atoms with Gasteiger partial charge in [0.05, 0.1) is 0 Å².